The molecule has 0 aromatic carbocycles. The summed E-state index contributed by atoms with van der Waals surface area (Å²) in [5, 5.41) is 0. The zero-order valence-electron chi connectivity index (χ0n) is 7.59. The van der Waals surface area contributed by atoms with Crippen molar-refractivity contribution in [2.45, 2.75) is 26.4 Å². The minimum atomic E-state index is -1.83. The molecule has 0 rings (SSSR count). The van der Waals surface area contributed by atoms with Gasteiger partial charge in [0.1, 0.15) is 0 Å². The van der Waals surface area contributed by atoms with Crippen molar-refractivity contribution in [2.75, 3.05) is 19.0 Å². The maximum Gasteiger partial charge on any atom is 0.335 e. The van der Waals surface area contributed by atoms with E-state index in [0.29, 0.717) is 0 Å². The molecule has 0 heterocycles. The molecule has 0 N–H and O–H groups in total. The smallest absolute Gasteiger partial charge is 0.335 e. The fourth-order valence-corrected chi connectivity index (χ4v) is 4.22. The molecule has 0 atom stereocenters. The molecule has 0 saturated carbocycles. The fourth-order valence-electron chi connectivity index (χ4n) is 1.000. The Bertz CT molecular complexity index is 83.4. The molecule has 0 spiro atoms. The summed E-state index contributed by atoms with van der Waals surface area (Å²) in [5.41, 5.74) is 0. The van der Waals surface area contributed by atoms with Gasteiger partial charge in [0.2, 0.25) is 0 Å². The number of hydrogen-bond acceptors (Lipinski definition) is 3. The molecule has 0 aromatic heterocycles. The van der Waals surface area contributed by atoms with Crippen LogP contribution in [-0.2, 0) is 8.85 Å². The van der Waals surface area contributed by atoms with Gasteiger partial charge < -0.3 is 8.85 Å². The summed E-state index contributed by atoms with van der Waals surface area (Å²) >= 11 is 4.17. The predicted octanol–water partition coefficient (Wildman–Crippen LogP) is 2.06. The van der Waals surface area contributed by atoms with Crippen LogP contribution < -0.4 is 0 Å². The third kappa shape index (κ3) is 4.84. The second-order valence-electron chi connectivity index (χ2n) is 2.47. The van der Waals surface area contributed by atoms with E-state index in [2.05, 4.69) is 19.2 Å². The number of hydrogen-bond donors (Lipinski definition) is 1. The molecule has 0 unspecified atom stereocenters. The van der Waals surface area contributed by atoms with Crippen LogP contribution in [0.2, 0.25) is 12.6 Å². The maximum absolute atomic E-state index is 5.58. The van der Waals surface area contributed by atoms with Gasteiger partial charge in [-0.3, -0.25) is 0 Å². The lowest BCUT2D eigenvalue weighted by Gasteiger charge is -2.24. The van der Waals surface area contributed by atoms with Crippen LogP contribution in [0.4, 0.5) is 0 Å². The van der Waals surface area contributed by atoms with Gasteiger partial charge in [0.25, 0.3) is 0 Å². The molecular formula is C7H18O2SSi. The zero-order chi connectivity index (χ0) is 8.74. The van der Waals surface area contributed by atoms with Crippen molar-refractivity contribution in [2.24, 2.45) is 0 Å². The largest absolute Gasteiger partial charge is 0.395 e. The second kappa shape index (κ2) is 6.05. The lowest BCUT2D eigenvalue weighted by atomic mass is 10.9. The van der Waals surface area contributed by atoms with Crippen LogP contribution >= 0.6 is 12.6 Å². The summed E-state index contributed by atoms with van der Waals surface area (Å²) in [6.07, 6.45) is 0. The molecule has 0 aliphatic carbocycles. The highest BCUT2D eigenvalue weighted by Crippen LogP contribution is 2.13. The van der Waals surface area contributed by atoms with E-state index in [0.717, 1.165) is 25.0 Å². The molecule has 0 fully saturated rings. The zero-order valence-corrected chi connectivity index (χ0v) is 9.49. The SMILES string of the molecule is CCO[Si](C)(CCS)OCC. The highest BCUT2D eigenvalue weighted by atomic mass is 32.1. The van der Waals surface area contributed by atoms with Crippen LogP contribution in [-0.4, -0.2) is 27.5 Å². The summed E-state index contributed by atoms with van der Waals surface area (Å²) in [6.45, 7) is 7.59. The van der Waals surface area contributed by atoms with E-state index in [1.54, 1.807) is 0 Å². The number of rotatable bonds is 6. The van der Waals surface area contributed by atoms with E-state index in [1.165, 1.54) is 0 Å². The highest BCUT2D eigenvalue weighted by molar-refractivity contribution is 7.80. The van der Waals surface area contributed by atoms with Gasteiger partial charge in [-0.25, -0.2) is 0 Å². The lowest BCUT2D eigenvalue weighted by molar-refractivity contribution is 0.190. The molecule has 0 aromatic rings. The van der Waals surface area contributed by atoms with E-state index < -0.39 is 8.56 Å². The quantitative estimate of drug-likeness (QED) is 0.515. The number of thiol groups is 1. The normalized spacial score (nSPS) is 12.0. The van der Waals surface area contributed by atoms with Gasteiger partial charge in [-0.1, -0.05) is 0 Å². The molecule has 0 radical (unpaired) electrons. The summed E-state index contributed by atoms with van der Waals surface area (Å²) in [4.78, 5) is 0. The Morgan fingerprint density at radius 2 is 1.64 bits per heavy atom. The van der Waals surface area contributed by atoms with Crippen molar-refractivity contribution in [3.8, 4) is 0 Å². The van der Waals surface area contributed by atoms with Crippen molar-refractivity contribution in [1.82, 2.24) is 0 Å². The molecule has 0 aliphatic rings. The summed E-state index contributed by atoms with van der Waals surface area (Å²) < 4.78 is 11.2. The van der Waals surface area contributed by atoms with Gasteiger partial charge in [-0.15, -0.1) is 0 Å². The molecule has 68 valence electrons. The Morgan fingerprint density at radius 1 is 1.18 bits per heavy atom. The van der Waals surface area contributed by atoms with E-state index in [-0.39, 0.29) is 0 Å². The predicted molar refractivity (Wildman–Crippen MR) is 53.5 cm³/mol. The second-order valence-corrected chi connectivity index (χ2v) is 6.27. The van der Waals surface area contributed by atoms with Crippen molar-refractivity contribution in [1.29, 1.82) is 0 Å². The van der Waals surface area contributed by atoms with Crippen molar-refractivity contribution < 1.29 is 8.85 Å². The molecule has 0 saturated heterocycles. The first-order valence-corrected chi connectivity index (χ1v) is 7.23. The van der Waals surface area contributed by atoms with Crippen molar-refractivity contribution in [3.63, 3.8) is 0 Å². The lowest BCUT2D eigenvalue weighted by Crippen LogP contribution is -2.39. The fraction of sp³-hybridized carbons (Fsp3) is 1.00. The van der Waals surface area contributed by atoms with Crippen LogP contribution in [0.1, 0.15) is 13.8 Å². The minimum Gasteiger partial charge on any atom is -0.395 e. The summed E-state index contributed by atoms with van der Waals surface area (Å²) in [5.74, 6) is 0.850. The summed E-state index contributed by atoms with van der Waals surface area (Å²) in [6, 6.07) is 0.970. The first kappa shape index (κ1) is 11.5. The Balaban J connectivity index is 3.79. The van der Waals surface area contributed by atoms with Crippen LogP contribution in [0, 0.1) is 0 Å². The molecule has 0 bridgehead atoms. The first-order valence-electron chi connectivity index (χ1n) is 4.07. The first-order chi connectivity index (χ1) is 5.18. The van der Waals surface area contributed by atoms with Crippen LogP contribution in [0.15, 0.2) is 0 Å². The molecule has 0 aliphatic heterocycles. The Kier molecular flexibility index (Phi) is 6.32. The van der Waals surface area contributed by atoms with Gasteiger partial charge in [0, 0.05) is 13.2 Å². The van der Waals surface area contributed by atoms with Gasteiger partial charge >= 0.3 is 8.56 Å². The van der Waals surface area contributed by atoms with Crippen LogP contribution in [0.5, 0.6) is 0 Å². The molecule has 4 heteroatoms. The van der Waals surface area contributed by atoms with Gasteiger partial charge in [0.15, 0.2) is 0 Å². The van der Waals surface area contributed by atoms with Crippen molar-refractivity contribution in [3.05, 3.63) is 0 Å². The van der Waals surface area contributed by atoms with E-state index in [4.69, 9.17) is 8.85 Å². The average Bonchev–Trinajstić information content (AvgIpc) is 1.88. The van der Waals surface area contributed by atoms with E-state index in [9.17, 15) is 0 Å². The third-order valence-electron chi connectivity index (χ3n) is 1.47. The van der Waals surface area contributed by atoms with Crippen LogP contribution in [0.3, 0.4) is 0 Å². The van der Waals surface area contributed by atoms with Crippen LogP contribution in [0.25, 0.3) is 0 Å². The maximum atomic E-state index is 5.58. The topological polar surface area (TPSA) is 18.5 Å². The summed E-state index contributed by atoms with van der Waals surface area (Å²) in [7, 11) is -1.83. The third-order valence-corrected chi connectivity index (χ3v) is 5.07. The van der Waals surface area contributed by atoms with E-state index in [1.807, 2.05) is 13.8 Å². The Morgan fingerprint density at radius 3 is 1.91 bits per heavy atom. The Labute approximate surface area is 75.9 Å². The minimum absolute atomic E-state index is 0.747. The van der Waals surface area contributed by atoms with Crippen molar-refractivity contribution >= 4 is 21.2 Å². The van der Waals surface area contributed by atoms with Gasteiger partial charge in [-0.2, -0.15) is 12.6 Å². The Hall–Kier alpha value is 0.487. The highest BCUT2D eigenvalue weighted by Gasteiger charge is 2.29. The molecular weight excluding hydrogens is 176 g/mol. The van der Waals surface area contributed by atoms with E-state index >= 15 is 0 Å². The van der Waals surface area contributed by atoms with Gasteiger partial charge in [-0.05, 0) is 32.2 Å². The molecule has 2 nitrogen and oxygen atoms in total. The molecule has 11 heavy (non-hydrogen) atoms. The molecule has 0 amide bonds. The standard InChI is InChI=1S/C7H18O2SSi/c1-4-8-11(3,7-6-10)9-5-2/h10H,4-7H2,1-3H3. The van der Waals surface area contributed by atoms with Gasteiger partial charge in [0.05, 0.1) is 0 Å². The average molecular weight is 194 g/mol. The monoisotopic (exact) mass is 194 g/mol.